The van der Waals surface area contributed by atoms with Crippen molar-refractivity contribution >= 4 is 29.3 Å². The number of carbonyl (C=O) groups is 1. The average Bonchev–Trinajstić information content (AvgIpc) is 2.63. The molecular weight excluding hydrogens is 244 g/mol. The third kappa shape index (κ3) is 2.95. The Bertz CT molecular complexity index is 343. The third-order valence-electron chi connectivity index (χ3n) is 2.86. The Balaban J connectivity index is 2.05. The lowest BCUT2D eigenvalue weighted by Gasteiger charge is -2.19. The van der Waals surface area contributed by atoms with E-state index in [1.165, 1.54) is 17.9 Å². The van der Waals surface area contributed by atoms with Crippen LogP contribution in [-0.2, 0) is 4.79 Å². The normalized spacial score (nSPS) is 26.2. The topological polar surface area (TPSA) is 63.1 Å². The summed E-state index contributed by atoms with van der Waals surface area (Å²) in [6.07, 6.45) is 6.61. The number of thioether (sulfide) groups is 1. The van der Waals surface area contributed by atoms with E-state index in [1.54, 1.807) is 11.8 Å². The molecule has 2 unspecified atom stereocenters. The van der Waals surface area contributed by atoms with Crippen LogP contribution in [0.15, 0.2) is 10.7 Å². The van der Waals surface area contributed by atoms with E-state index in [4.69, 9.17) is 0 Å². The van der Waals surface area contributed by atoms with Gasteiger partial charge in [-0.15, -0.1) is 0 Å². The Morgan fingerprint density at radius 1 is 1.44 bits per heavy atom. The van der Waals surface area contributed by atoms with Gasteiger partial charge >= 0.3 is 5.97 Å². The van der Waals surface area contributed by atoms with Gasteiger partial charge < -0.3 is 5.11 Å². The number of nitrogens with zero attached hydrogens (tertiary/aromatic N) is 2. The van der Waals surface area contributed by atoms with Gasteiger partial charge in [-0.3, -0.25) is 4.79 Å². The van der Waals surface area contributed by atoms with Crippen molar-refractivity contribution in [3.63, 3.8) is 0 Å². The fraction of sp³-hybridized carbons (Fsp3) is 0.700. The maximum Gasteiger partial charge on any atom is 0.307 e. The Hall–Kier alpha value is -0.620. The second-order valence-electron chi connectivity index (χ2n) is 3.95. The summed E-state index contributed by atoms with van der Waals surface area (Å²) in [5.41, 5.74) is 0. The molecule has 0 aliphatic heterocycles. The molecule has 1 aromatic rings. The summed E-state index contributed by atoms with van der Waals surface area (Å²) >= 11 is 2.93. The predicted octanol–water partition coefficient (Wildman–Crippen LogP) is 2.66. The van der Waals surface area contributed by atoms with Crippen molar-refractivity contribution < 1.29 is 9.90 Å². The van der Waals surface area contributed by atoms with E-state index in [-0.39, 0.29) is 11.2 Å². The molecule has 16 heavy (non-hydrogen) atoms. The van der Waals surface area contributed by atoms with Gasteiger partial charge in [0.2, 0.25) is 0 Å². The molecule has 1 heterocycles. The van der Waals surface area contributed by atoms with Crippen molar-refractivity contribution in [2.75, 3.05) is 0 Å². The van der Waals surface area contributed by atoms with Crippen molar-refractivity contribution in [2.24, 2.45) is 5.92 Å². The average molecular weight is 258 g/mol. The summed E-state index contributed by atoms with van der Waals surface area (Å²) in [7, 11) is 0. The smallest absolute Gasteiger partial charge is 0.307 e. The van der Waals surface area contributed by atoms with Crippen LogP contribution >= 0.6 is 23.3 Å². The van der Waals surface area contributed by atoms with Crippen molar-refractivity contribution in [1.82, 2.24) is 9.36 Å². The number of aliphatic carboxylic acids is 1. The minimum absolute atomic E-state index is 0.160. The summed E-state index contributed by atoms with van der Waals surface area (Å²) in [5, 5.41) is 9.38. The van der Waals surface area contributed by atoms with E-state index < -0.39 is 5.97 Å². The highest BCUT2D eigenvalue weighted by Gasteiger charge is 2.30. The zero-order valence-electron chi connectivity index (χ0n) is 8.83. The number of carboxylic acids is 1. The van der Waals surface area contributed by atoms with E-state index in [0.29, 0.717) is 0 Å². The molecule has 0 bridgehead atoms. The number of rotatable bonds is 3. The second-order valence-corrected chi connectivity index (χ2v) is 6.21. The molecule has 1 aliphatic carbocycles. The Labute approximate surface area is 103 Å². The molecule has 0 radical (unpaired) electrons. The minimum Gasteiger partial charge on any atom is -0.481 e. The zero-order chi connectivity index (χ0) is 11.4. The van der Waals surface area contributed by atoms with Crippen LogP contribution in [0.3, 0.4) is 0 Å². The first-order chi connectivity index (χ1) is 7.77. The first kappa shape index (κ1) is 11.9. The van der Waals surface area contributed by atoms with Gasteiger partial charge in [0.15, 0.2) is 4.34 Å². The minimum atomic E-state index is -0.663. The molecule has 0 saturated heterocycles. The SMILES string of the molecule is O=C(O)C1CCCCCC1Sc1ncns1. The molecule has 0 spiro atoms. The maximum atomic E-state index is 11.2. The molecule has 1 N–H and O–H groups in total. The molecule has 4 nitrogen and oxygen atoms in total. The van der Waals surface area contributed by atoms with E-state index >= 15 is 0 Å². The number of hydrogen-bond acceptors (Lipinski definition) is 5. The summed E-state index contributed by atoms with van der Waals surface area (Å²) in [6, 6.07) is 0. The lowest BCUT2D eigenvalue weighted by molar-refractivity contribution is -0.141. The standard InChI is InChI=1S/C10H14N2O2S2/c13-9(14)7-4-2-1-3-5-8(7)15-10-11-6-12-16-10/h6-8H,1-5H2,(H,13,14). The first-order valence-corrected chi connectivity index (χ1v) is 7.09. The van der Waals surface area contributed by atoms with Crippen molar-refractivity contribution in [3.05, 3.63) is 6.33 Å². The van der Waals surface area contributed by atoms with E-state index in [0.717, 1.165) is 36.4 Å². The zero-order valence-corrected chi connectivity index (χ0v) is 10.5. The van der Waals surface area contributed by atoms with Crippen LogP contribution in [0.1, 0.15) is 32.1 Å². The fourth-order valence-corrected chi connectivity index (χ4v) is 4.06. The quantitative estimate of drug-likeness (QED) is 0.844. The summed E-state index contributed by atoms with van der Waals surface area (Å²) < 4.78 is 4.83. The largest absolute Gasteiger partial charge is 0.481 e. The Morgan fingerprint density at radius 2 is 2.25 bits per heavy atom. The van der Waals surface area contributed by atoms with Crippen LogP contribution in [0.25, 0.3) is 0 Å². The van der Waals surface area contributed by atoms with Gasteiger partial charge in [0, 0.05) is 5.25 Å². The van der Waals surface area contributed by atoms with Gasteiger partial charge in [-0.25, -0.2) is 4.98 Å². The number of hydrogen-bond donors (Lipinski definition) is 1. The van der Waals surface area contributed by atoms with Crippen LogP contribution in [0.5, 0.6) is 0 Å². The Morgan fingerprint density at radius 3 is 2.94 bits per heavy atom. The Kier molecular flexibility index (Phi) is 4.17. The molecular formula is C10H14N2O2S2. The highest BCUT2D eigenvalue weighted by molar-refractivity contribution is 8.01. The lowest BCUT2D eigenvalue weighted by atomic mass is 10.0. The fourth-order valence-electron chi connectivity index (χ4n) is 2.04. The van der Waals surface area contributed by atoms with Gasteiger partial charge in [-0.1, -0.05) is 31.0 Å². The van der Waals surface area contributed by atoms with Gasteiger partial charge in [-0.05, 0) is 24.4 Å². The number of aromatic nitrogens is 2. The molecule has 1 fully saturated rings. The molecule has 1 aliphatic rings. The van der Waals surface area contributed by atoms with Crippen LogP contribution in [0.4, 0.5) is 0 Å². The van der Waals surface area contributed by atoms with Gasteiger partial charge in [-0.2, -0.15) is 4.37 Å². The van der Waals surface area contributed by atoms with Gasteiger partial charge in [0.25, 0.3) is 0 Å². The summed E-state index contributed by atoms with van der Waals surface area (Å²) in [6.45, 7) is 0. The van der Waals surface area contributed by atoms with E-state index in [1.807, 2.05) is 0 Å². The first-order valence-electron chi connectivity index (χ1n) is 5.43. The molecule has 1 saturated carbocycles. The molecule has 88 valence electrons. The van der Waals surface area contributed by atoms with Gasteiger partial charge in [0.05, 0.1) is 5.92 Å². The van der Waals surface area contributed by atoms with Crippen molar-refractivity contribution in [3.8, 4) is 0 Å². The van der Waals surface area contributed by atoms with Gasteiger partial charge in [0.1, 0.15) is 6.33 Å². The maximum absolute atomic E-state index is 11.2. The molecule has 2 rings (SSSR count). The van der Waals surface area contributed by atoms with Crippen LogP contribution in [0.2, 0.25) is 0 Å². The lowest BCUT2D eigenvalue weighted by Crippen LogP contribution is -2.24. The molecule has 0 aromatic carbocycles. The van der Waals surface area contributed by atoms with E-state index in [9.17, 15) is 9.90 Å². The summed E-state index contributed by atoms with van der Waals surface area (Å²) in [4.78, 5) is 15.3. The number of carboxylic acid groups (broad SMARTS) is 1. The monoisotopic (exact) mass is 258 g/mol. The molecule has 1 aromatic heterocycles. The third-order valence-corrected chi connectivity index (χ3v) is 5.01. The molecule has 0 amide bonds. The van der Waals surface area contributed by atoms with E-state index in [2.05, 4.69) is 9.36 Å². The predicted molar refractivity (Wildman–Crippen MR) is 63.8 cm³/mol. The van der Waals surface area contributed by atoms with Crippen LogP contribution in [0, 0.1) is 5.92 Å². The second kappa shape index (κ2) is 5.63. The van der Waals surface area contributed by atoms with Crippen LogP contribution in [-0.4, -0.2) is 25.7 Å². The summed E-state index contributed by atoms with van der Waals surface area (Å²) in [5.74, 6) is -0.889. The van der Waals surface area contributed by atoms with Crippen molar-refractivity contribution in [1.29, 1.82) is 0 Å². The van der Waals surface area contributed by atoms with Crippen molar-refractivity contribution in [2.45, 2.75) is 41.7 Å². The molecule has 6 heteroatoms. The molecule has 2 atom stereocenters. The highest BCUT2D eigenvalue weighted by atomic mass is 32.2. The van der Waals surface area contributed by atoms with Crippen LogP contribution < -0.4 is 0 Å². The highest BCUT2D eigenvalue weighted by Crippen LogP contribution is 2.36.